The minimum Gasteiger partial charge on any atom is -0.471 e. The van der Waals surface area contributed by atoms with Crippen LogP contribution < -0.4 is 9.47 Å². The van der Waals surface area contributed by atoms with Crippen molar-refractivity contribution in [3.63, 3.8) is 0 Å². The number of fused-ring (bicyclic) bond motifs is 1. The summed E-state index contributed by atoms with van der Waals surface area (Å²) in [6.07, 6.45) is 4.79. The second-order valence-electron chi connectivity index (χ2n) is 6.18. The number of aromatic nitrogens is 6. The molecule has 1 atom stereocenters. The zero-order chi connectivity index (χ0) is 18.1. The van der Waals surface area contributed by atoms with Crippen LogP contribution in [-0.4, -0.2) is 40.1 Å². The molecular formula is C15H15N7O4. The largest absolute Gasteiger partial charge is 0.471 e. The maximum absolute atomic E-state index is 10.8. The number of nitro groups is 1. The third kappa shape index (κ3) is 3.18. The van der Waals surface area contributed by atoms with Gasteiger partial charge in [-0.3, -0.25) is 4.57 Å². The zero-order valence-corrected chi connectivity index (χ0v) is 13.8. The Labute approximate surface area is 147 Å². The minimum atomic E-state index is -0.621. The molecule has 1 aliphatic heterocycles. The highest BCUT2D eigenvalue weighted by Crippen LogP contribution is 2.31. The van der Waals surface area contributed by atoms with Crippen LogP contribution in [0.15, 0.2) is 36.8 Å². The van der Waals surface area contributed by atoms with Gasteiger partial charge in [-0.1, -0.05) is 11.3 Å². The van der Waals surface area contributed by atoms with E-state index in [1.807, 2.05) is 19.1 Å². The van der Waals surface area contributed by atoms with Crippen molar-refractivity contribution in [2.75, 3.05) is 0 Å². The summed E-state index contributed by atoms with van der Waals surface area (Å²) in [4.78, 5) is 18.2. The number of nitrogens with zero attached hydrogens (tertiary/aromatic N) is 7. The Kier molecular flexibility index (Phi) is 3.75. The van der Waals surface area contributed by atoms with Gasteiger partial charge in [0.1, 0.15) is 24.1 Å². The molecule has 0 aliphatic carbocycles. The van der Waals surface area contributed by atoms with E-state index in [0.717, 1.165) is 0 Å². The molecule has 4 rings (SSSR count). The summed E-state index contributed by atoms with van der Waals surface area (Å²) in [5.74, 6) is 0.289. The molecule has 0 saturated carbocycles. The Morgan fingerprint density at radius 2 is 2.31 bits per heavy atom. The topological polar surface area (TPSA) is 123 Å². The summed E-state index contributed by atoms with van der Waals surface area (Å²) < 4.78 is 14.6. The lowest BCUT2D eigenvalue weighted by molar-refractivity contribution is -0.389. The van der Waals surface area contributed by atoms with Crippen molar-refractivity contribution in [2.45, 2.75) is 32.2 Å². The molecule has 0 spiro atoms. The molecule has 0 aromatic carbocycles. The third-order valence-corrected chi connectivity index (χ3v) is 3.85. The van der Waals surface area contributed by atoms with Crippen LogP contribution in [0.4, 0.5) is 5.82 Å². The lowest BCUT2D eigenvalue weighted by atomic mass is 10.1. The second kappa shape index (κ2) is 6.10. The van der Waals surface area contributed by atoms with Crippen LogP contribution in [0.2, 0.25) is 0 Å². The van der Waals surface area contributed by atoms with Crippen molar-refractivity contribution in [1.82, 2.24) is 29.5 Å². The van der Waals surface area contributed by atoms with Crippen LogP contribution in [0.5, 0.6) is 11.9 Å². The van der Waals surface area contributed by atoms with E-state index in [1.54, 1.807) is 27.7 Å². The fourth-order valence-corrected chi connectivity index (χ4v) is 2.77. The molecule has 134 valence electrons. The smallest absolute Gasteiger partial charge is 0.415 e. The minimum absolute atomic E-state index is 0.225. The first-order valence-electron chi connectivity index (χ1n) is 7.84. The maximum atomic E-state index is 10.8. The van der Waals surface area contributed by atoms with Crippen molar-refractivity contribution in [3.05, 3.63) is 52.6 Å². The fourth-order valence-electron chi connectivity index (χ4n) is 2.77. The highest BCUT2D eigenvalue weighted by molar-refractivity contribution is 5.23. The number of imidazole rings is 1. The van der Waals surface area contributed by atoms with Gasteiger partial charge in [-0.15, -0.1) is 5.10 Å². The molecule has 0 N–H and O–H groups in total. The Balaban J connectivity index is 1.38. The van der Waals surface area contributed by atoms with E-state index in [4.69, 9.17) is 9.47 Å². The van der Waals surface area contributed by atoms with E-state index >= 15 is 0 Å². The van der Waals surface area contributed by atoms with Crippen molar-refractivity contribution < 1.29 is 14.4 Å². The van der Waals surface area contributed by atoms with Crippen molar-refractivity contribution in [2.24, 2.45) is 0 Å². The molecular weight excluding hydrogens is 342 g/mol. The first-order valence-corrected chi connectivity index (χ1v) is 7.84. The van der Waals surface area contributed by atoms with Crippen molar-refractivity contribution in [1.29, 1.82) is 0 Å². The summed E-state index contributed by atoms with van der Waals surface area (Å²) in [5.41, 5.74) is 0.0372. The molecule has 0 unspecified atom stereocenters. The number of rotatable bonds is 6. The van der Waals surface area contributed by atoms with Gasteiger partial charge in [-0.2, -0.15) is 0 Å². The summed E-state index contributed by atoms with van der Waals surface area (Å²) in [7, 11) is 0. The monoisotopic (exact) mass is 357 g/mol. The molecule has 0 fully saturated rings. The molecule has 0 radical (unpaired) electrons. The molecule has 0 amide bonds. The van der Waals surface area contributed by atoms with Crippen LogP contribution in [0.25, 0.3) is 0 Å². The van der Waals surface area contributed by atoms with E-state index in [0.29, 0.717) is 24.7 Å². The van der Waals surface area contributed by atoms with Crippen LogP contribution in [0, 0.1) is 10.1 Å². The predicted octanol–water partition coefficient (Wildman–Crippen LogP) is 1.21. The summed E-state index contributed by atoms with van der Waals surface area (Å²) in [6, 6.07) is 5.65. The summed E-state index contributed by atoms with van der Waals surface area (Å²) >= 11 is 0. The summed E-state index contributed by atoms with van der Waals surface area (Å²) in [6.45, 7) is 2.99. The van der Waals surface area contributed by atoms with Gasteiger partial charge in [0.05, 0.1) is 19.3 Å². The molecule has 3 aromatic rings. The average Bonchev–Trinajstić information content (AvgIpc) is 3.27. The van der Waals surface area contributed by atoms with Crippen molar-refractivity contribution in [3.8, 4) is 11.9 Å². The molecule has 0 bridgehead atoms. The number of hydrogen-bond donors (Lipinski definition) is 0. The van der Waals surface area contributed by atoms with Gasteiger partial charge in [0, 0.05) is 17.2 Å². The van der Waals surface area contributed by atoms with Gasteiger partial charge >= 0.3 is 11.8 Å². The zero-order valence-electron chi connectivity index (χ0n) is 13.8. The normalized spacial score (nSPS) is 18.3. The van der Waals surface area contributed by atoms with E-state index < -0.39 is 10.5 Å². The molecule has 0 saturated heterocycles. The SMILES string of the molecule is C[C@]1(Cn2cc(COc3ccccn3)nn2)Cn2cc([N+](=O)[O-])nc2O1. The number of ether oxygens (including phenoxy) is 2. The van der Waals surface area contributed by atoms with Crippen LogP contribution in [-0.2, 0) is 19.7 Å². The van der Waals surface area contributed by atoms with Crippen molar-refractivity contribution >= 4 is 5.82 Å². The second-order valence-corrected chi connectivity index (χ2v) is 6.18. The Bertz CT molecular complexity index is 913. The van der Waals surface area contributed by atoms with E-state index in [-0.39, 0.29) is 18.4 Å². The van der Waals surface area contributed by atoms with E-state index in [1.165, 1.54) is 6.20 Å². The highest BCUT2D eigenvalue weighted by atomic mass is 16.6. The van der Waals surface area contributed by atoms with E-state index in [9.17, 15) is 10.1 Å². The molecule has 3 aromatic heterocycles. The van der Waals surface area contributed by atoms with Gasteiger partial charge in [0.2, 0.25) is 5.88 Å². The first-order chi connectivity index (χ1) is 12.5. The van der Waals surface area contributed by atoms with Gasteiger partial charge in [-0.25, -0.2) is 9.67 Å². The number of hydrogen-bond acceptors (Lipinski definition) is 8. The summed E-state index contributed by atoms with van der Waals surface area (Å²) in [5, 5.41) is 18.9. The predicted molar refractivity (Wildman–Crippen MR) is 86.5 cm³/mol. The van der Waals surface area contributed by atoms with Crippen LogP contribution in [0.1, 0.15) is 12.6 Å². The van der Waals surface area contributed by atoms with Gasteiger partial charge < -0.3 is 19.6 Å². The third-order valence-electron chi connectivity index (χ3n) is 3.85. The van der Waals surface area contributed by atoms with Crippen LogP contribution >= 0.6 is 0 Å². The first kappa shape index (κ1) is 16.0. The van der Waals surface area contributed by atoms with E-state index in [2.05, 4.69) is 20.3 Å². The average molecular weight is 357 g/mol. The molecule has 11 nitrogen and oxygen atoms in total. The lowest BCUT2D eigenvalue weighted by Gasteiger charge is -2.21. The fraction of sp³-hybridized carbons (Fsp3) is 0.333. The maximum Gasteiger partial charge on any atom is 0.415 e. The molecule has 26 heavy (non-hydrogen) atoms. The van der Waals surface area contributed by atoms with Gasteiger partial charge in [0.15, 0.2) is 0 Å². The quantitative estimate of drug-likeness (QED) is 0.476. The van der Waals surface area contributed by atoms with Gasteiger partial charge in [0.25, 0.3) is 0 Å². The molecule has 1 aliphatic rings. The Hall–Kier alpha value is -3.50. The van der Waals surface area contributed by atoms with Gasteiger partial charge in [-0.05, 0) is 17.9 Å². The molecule has 11 heteroatoms. The number of pyridine rings is 1. The van der Waals surface area contributed by atoms with Crippen LogP contribution in [0.3, 0.4) is 0 Å². The molecule has 4 heterocycles. The highest BCUT2D eigenvalue weighted by Gasteiger charge is 2.40. The standard InChI is InChI=1S/C15H15N7O4/c1-15(9-20-7-12(22(23)24)17-14(20)26-15)10-21-6-11(18-19-21)8-25-13-4-2-3-5-16-13/h2-7H,8-10H2,1H3/t15-/m1/s1. The Morgan fingerprint density at radius 3 is 3.04 bits per heavy atom. The lowest BCUT2D eigenvalue weighted by Crippen LogP contribution is -2.36. The Morgan fingerprint density at radius 1 is 1.42 bits per heavy atom.